The lowest BCUT2D eigenvalue weighted by atomic mass is 9.98. The minimum Gasteiger partial charge on any atom is -0.354 e. The van der Waals surface area contributed by atoms with Crippen molar-refractivity contribution in [2.45, 2.75) is 32.4 Å². The van der Waals surface area contributed by atoms with E-state index in [1.165, 1.54) is 12.1 Å². The number of carbonyl (C=O) groups is 1. The van der Waals surface area contributed by atoms with Gasteiger partial charge in [-0.15, -0.1) is 0 Å². The van der Waals surface area contributed by atoms with Gasteiger partial charge in [0.05, 0.1) is 0 Å². The largest absolute Gasteiger partial charge is 0.354 e. The highest BCUT2D eigenvalue weighted by Gasteiger charge is 2.26. The maximum atomic E-state index is 13.2. The molecule has 2 N–H and O–H groups in total. The van der Waals surface area contributed by atoms with Gasteiger partial charge in [0.15, 0.2) is 0 Å². The Kier molecular flexibility index (Phi) is 3.43. The molecule has 1 aromatic carbocycles. The molecule has 0 spiro atoms. The van der Waals surface area contributed by atoms with E-state index < -0.39 is 0 Å². The molecule has 1 atom stereocenters. The van der Waals surface area contributed by atoms with Gasteiger partial charge in [-0.3, -0.25) is 10.1 Å². The SMILES string of the molecule is CC(C)NC1C(=O)NCCc2cc(F)ccc21. The smallest absolute Gasteiger partial charge is 0.241 e. The molecular formula is C13H17FN2O. The maximum absolute atomic E-state index is 13.2. The average Bonchev–Trinajstić information content (AvgIpc) is 2.39. The van der Waals surface area contributed by atoms with Crippen LogP contribution in [0.15, 0.2) is 18.2 Å². The molecule has 92 valence electrons. The number of hydrogen-bond acceptors (Lipinski definition) is 2. The summed E-state index contributed by atoms with van der Waals surface area (Å²) in [6.07, 6.45) is 0.676. The van der Waals surface area contributed by atoms with Gasteiger partial charge in [-0.2, -0.15) is 0 Å². The van der Waals surface area contributed by atoms with Crippen molar-refractivity contribution in [2.75, 3.05) is 6.54 Å². The van der Waals surface area contributed by atoms with Crippen molar-refractivity contribution in [3.63, 3.8) is 0 Å². The van der Waals surface area contributed by atoms with Crippen LogP contribution in [0.4, 0.5) is 4.39 Å². The van der Waals surface area contributed by atoms with Gasteiger partial charge in [0.2, 0.25) is 5.91 Å². The van der Waals surface area contributed by atoms with E-state index in [4.69, 9.17) is 0 Å². The standard InChI is InChI=1S/C13H17FN2O/c1-8(2)16-12-11-4-3-10(14)7-9(11)5-6-15-13(12)17/h3-4,7-8,12,16H,5-6H2,1-2H3,(H,15,17). The Bertz CT molecular complexity index is 431. The van der Waals surface area contributed by atoms with Crippen molar-refractivity contribution in [2.24, 2.45) is 0 Å². The van der Waals surface area contributed by atoms with E-state index in [2.05, 4.69) is 10.6 Å². The molecule has 4 heteroatoms. The van der Waals surface area contributed by atoms with Crippen molar-refractivity contribution in [3.05, 3.63) is 35.1 Å². The van der Waals surface area contributed by atoms with Crippen molar-refractivity contribution in [1.29, 1.82) is 0 Å². The highest BCUT2D eigenvalue weighted by molar-refractivity contribution is 5.84. The molecular weight excluding hydrogens is 219 g/mol. The number of nitrogens with one attached hydrogen (secondary N) is 2. The van der Waals surface area contributed by atoms with Crippen LogP contribution >= 0.6 is 0 Å². The predicted octanol–water partition coefficient (Wildman–Crippen LogP) is 1.54. The van der Waals surface area contributed by atoms with Gasteiger partial charge in [0, 0.05) is 12.6 Å². The summed E-state index contributed by atoms with van der Waals surface area (Å²) in [4.78, 5) is 11.9. The van der Waals surface area contributed by atoms with Gasteiger partial charge in [-0.25, -0.2) is 4.39 Å². The molecule has 1 aromatic rings. The van der Waals surface area contributed by atoms with E-state index in [1.54, 1.807) is 6.07 Å². The number of amides is 1. The molecule has 1 aliphatic heterocycles. The minimum atomic E-state index is -0.381. The Morgan fingerprint density at radius 3 is 2.94 bits per heavy atom. The lowest BCUT2D eigenvalue weighted by Crippen LogP contribution is -2.39. The van der Waals surface area contributed by atoms with Crippen LogP contribution in [0, 0.1) is 5.82 Å². The Morgan fingerprint density at radius 1 is 1.47 bits per heavy atom. The third-order valence-corrected chi connectivity index (χ3v) is 2.87. The predicted molar refractivity (Wildman–Crippen MR) is 64.1 cm³/mol. The molecule has 1 heterocycles. The van der Waals surface area contributed by atoms with Crippen molar-refractivity contribution >= 4 is 5.91 Å². The number of halogens is 1. The second kappa shape index (κ2) is 4.84. The first-order chi connectivity index (χ1) is 8.08. The average molecular weight is 236 g/mol. The second-order valence-corrected chi connectivity index (χ2v) is 4.64. The summed E-state index contributed by atoms with van der Waals surface area (Å²) >= 11 is 0. The fraction of sp³-hybridized carbons (Fsp3) is 0.462. The maximum Gasteiger partial charge on any atom is 0.241 e. The van der Waals surface area contributed by atoms with Crippen molar-refractivity contribution < 1.29 is 9.18 Å². The summed E-state index contributed by atoms with van der Waals surface area (Å²) in [5.41, 5.74) is 1.79. The zero-order chi connectivity index (χ0) is 12.4. The Hall–Kier alpha value is -1.42. The van der Waals surface area contributed by atoms with E-state index in [9.17, 15) is 9.18 Å². The van der Waals surface area contributed by atoms with Crippen molar-refractivity contribution in [1.82, 2.24) is 10.6 Å². The van der Waals surface area contributed by atoms with Gasteiger partial charge < -0.3 is 5.32 Å². The number of benzene rings is 1. The molecule has 1 unspecified atom stereocenters. The Labute approximate surface area is 100 Å². The highest BCUT2D eigenvalue weighted by atomic mass is 19.1. The molecule has 1 amide bonds. The van der Waals surface area contributed by atoms with Gasteiger partial charge in [0.25, 0.3) is 0 Å². The summed E-state index contributed by atoms with van der Waals surface area (Å²) < 4.78 is 13.2. The third kappa shape index (κ3) is 2.64. The molecule has 0 fully saturated rings. The lowest BCUT2D eigenvalue weighted by Gasteiger charge is -2.20. The third-order valence-electron chi connectivity index (χ3n) is 2.87. The van der Waals surface area contributed by atoms with Crippen LogP contribution in [0.5, 0.6) is 0 Å². The fourth-order valence-electron chi connectivity index (χ4n) is 2.13. The van der Waals surface area contributed by atoms with Crippen molar-refractivity contribution in [3.8, 4) is 0 Å². The molecule has 2 rings (SSSR count). The molecule has 0 bridgehead atoms. The molecule has 0 saturated carbocycles. The van der Waals surface area contributed by atoms with Crippen LogP contribution < -0.4 is 10.6 Å². The number of rotatable bonds is 2. The first-order valence-electron chi connectivity index (χ1n) is 5.90. The summed E-state index contributed by atoms with van der Waals surface area (Å²) in [7, 11) is 0. The minimum absolute atomic E-state index is 0.0379. The van der Waals surface area contributed by atoms with Crippen LogP contribution in [-0.2, 0) is 11.2 Å². The summed E-state index contributed by atoms with van der Waals surface area (Å²) in [5.74, 6) is -0.287. The number of fused-ring (bicyclic) bond motifs is 1. The summed E-state index contributed by atoms with van der Waals surface area (Å²) in [6.45, 7) is 4.54. The molecule has 0 radical (unpaired) electrons. The van der Waals surface area contributed by atoms with E-state index in [0.717, 1.165) is 11.1 Å². The van der Waals surface area contributed by atoms with Gasteiger partial charge >= 0.3 is 0 Å². The second-order valence-electron chi connectivity index (χ2n) is 4.64. The van der Waals surface area contributed by atoms with Crippen LogP contribution in [0.2, 0.25) is 0 Å². The quantitative estimate of drug-likeness (QED) is 0.817. The van der Waals surface area contributed by atoms with Gasteiger partial charge in [-0.1, -0.05) is 6.07 Å². The van der Waals surface area contributed by atoms with Crippen LogP contribution in [0.3, 0.4) is 0 Å². The zero-order valence-electron chi connectivity index (χ0n) is 10.1. The summed E-state index contributed by atoms with van der Waals surface area (Å²) in [5, 5.41) is 6.06. The topological polar surface area (TPSA) is 41.1 Å². The molecule has 0 aliphatic carbocycles. The Balaban J connectivity index is 2.39. The Morgan fingerprint density at radius 2 is 2.24 bits per heavy atom. The van der Waals surface area contributed by atoms with Gasteiger partial charge in [0.1, 0.15) is 11.9 Å². The summed E-state index contributed by atoms with van der Waals surface area (Å²) in [6, 6.07) is 4.45. The first kappa shape index (κ1) is 12.0. The molecule has 3 nitrogen and oxygen atoms in total. The molecule has 0 saturated heterocycles. The normalized spacial score (nSPS) is 19.8. The van der Waals surface area contributed by atoms with Gasteiger partial charge in [-0.05, 0) is 43.5 Å². The highest BCUT2D eigenvalue weighted by Crippen LogP contribution is 2.23. The lowest BCUT2D eigenvalue weighted by molar-refractivity contribution is -0.123. The monoisotopic (exact) mass is 236 g/mol. The van der Waals surface area contributed by atoms with Crippen LogP contribution in [0.1, 0.15) is 31.0 Å². The number of hydrogen-bond donors (Lipinski definition) is 2. The fourth-order valence-corrected chi connectivity index (χ4v) is 2.13. The van der Waals surface area contributed by atoms with E-state index in [1.807, 2.05) is 13.8 Å². The van der Waals surface area contributed by atoms with Crippen LogP contribution in [0.25, 0.3) is 0 Å². The molecule has 0 aromatic heterocycles. The molecule has 17 heavy (non-hydrogen) atoms. The zero-order valence-corrected chi connectivity index (χ0v) is 10.1. The van der Waals surface area contributed by atoms with E-state index in [0.29, 0.717) is 13.0 Å². The first-order valence-corrected chi connectivity index (χ1v) is 5.90. The van der Waals surface area contributed by atoms with E-state index >= 15 is 0 Å². The van der Waals surface area contributed by atoms with E-state index in [-0.39, 0.29) is 23.8 Å². The van der Waals surface area contributed by atoms with Crippen LogP contribution in [-0.4, -0.2) is 18.5 Å². The molecule has 1 aliphatic rings. The number of carbonyl (C=O) groups excluding carboxylic acids is 1.